The Balaban J connectivity index is 0.000000596. The summed E-state index contributed by atoms with van der Waals surface area (Å²) in [6.07, 6.45) is 1.00. The lowest BCUT2D eigenvalue weighted by atomic mass is 10.0. The molecule has 6 N–H and O–H groups in total. The van der Waals surface area contributed by atoms with Crippen LogP contribution < -0.4 is 21.3 Å². The molecule has 0 aromatic heterocycles. The van der Waals surface area contributed by atoms with Crippen LogP contribution in [0.4, 0.5) is 9.59 Å². The summed E-state index contributed by atoms with van der Waals surface area (Å²) in [5.74, 6) is -3.65. The molecule has 0 spiro atoms. The van der Waals surface area contributed by atoms with Crippen molar-refractivity contribution in [3.8, 4) is 0 Å². The average Bonchev–Trinajstić information content (AvgIpc) is 2.78. The van der Waals surface area contributed by atoms with E-state index in [0.29, 0.717) is 0 Å². The zero-order valence-electron chi connectivity index (χ0n) is 23.7. The highest BCUT2D eigenvalue weighted by molar-refractivity contribution is 6.27. The maximum absolute atomic E-state index is 11.6. The Morgan fingerprint density at radius 3 is 1.24 bits per heavy atom. The number of aliphatic carboxylic acids is 2. The Morgan fingerprint density at radius 2 is 1.00 bits per heavy atom. The molecule has 0 saturated carbocycles. The molecule has 0 aliphatic carbocycles. The lowest BCUT2D eigenvalue weighted by Gasteiger charge is -2.32. The molecule has 0 radical (unpaired) electrons. The molecule has 2 aliphatic heterocycles. The van der Waals surface area contributed by atoms with Gasteiger partial charge in [-0.05, 0) is 67.5 Å². The van der Waals surface area contributed by atoms with Crippen LogP contribution in [-0.2, 0) is 28.5 Å². The number of ether oxygens (including phenoxy) is 4. The van der Waals surface area contributed by atoms with Gasteiger partial charge in [0.15, 0.2) is 0 Å². The molecule has 0 bridgehead atoms. The minimum Gasteiger partial charge on any atom is -0.473 e. The number of hydrogen-bond donors (Lipinski definition) is 6. The van der Waals surface area contributed by atoms with E-state index >= 15 is 0 Å². The molecule has 2 fully saturated rings. The summed E-state index contributed by atoms with van der Waals surface area (Å²) in [5.41, 5.74) is -0.918. The number of alkyl carbamates (subject to hydrolysis) is 2. The second-order valence-corrected chi connectivity index (χ2v) is 10.6. The molecule has 0 unspecified atom stereocenters. The lowest BCUT2D eigenvalue weighted by Crippen LogP contribution is -2.54. The Bertz CT molecular complexity index is 689. The highest BCUT2D eigenvalue weighted by atomic mass is 16.6. The van der Waals surface area contributed by atoms with Gasteiger partial charge in [-0.3, -0.25) is 0 Å². The second kappa shape index (κ2) is 17.0. The van der Waals surface area contributed by atoms with E-state index in [1.807, 2.05) is 41.5 Å². The first-order valence-corrected chi connectivity index (χ1v) is 12.4. The molecule has 38 heavy (non-hydrogen) atoms. The van der Waals surface area contributed by atoms with Crippen molar-refractivity contribution in [2.75, 3.05) is 40.4 Å². The Kier molecular flexibility index (Phi) is 15.8. The molecule has 2 saturated heterocycles. The summed E-state index contributed by atoms with van der Waals surface area (Å²) in [5, 5.41) is 26.9. The fourth-order valence-electron chi connectivity index (χ4n) is 3.40. The molecule has 14 nitrogen and oxygen atoms in total. The van der Waals surface area contributed by atoms with Crippen LogP contribution in [-0.4, -0.2) is 110 Å². The summed E-state index contributed by atoms with van der Waals surface area (Å²) >= 11 is 0. The van der Waals surface area contributed by atoms with E-state index in [1.165, 1.54) is 0 Å². The largest absolute Gasteiger partial charge is 0.473 e. The van der Waals surface area contributed by atoms with Crippen LogP contribution in [0.25, 0.3) is 0 Å². The van der Waals surface area contributed by atoms with Crippen LogP contribution in [0.3, 0.4) is 0 Å². The minimum absolute atomic E-state index is 0.0151. The normalized spacial score (nSPS) is 23.3. The number of piperidine rings is 2. The number of carbonyl (C=O) groups is 4. The number of hydrogen-bond acceptors (Lipinski definition) is 10. The van der Waals surface area contributed by atoms with Gasteiger partial charge in [0.25, 0.3) is 0 Å². The van der Waals surface area contributed by atoms with Gasteiger partial charge in [-0.25, -0.2) is 19.2 Å². The molecule has 4 atom stereocenters. The first-order valence-electron chi connectivity index (χ1n) is 12.4. The van der Waals surface area contributed by atoms with Crippen molar-refractivity contribution in [2.45, 2.75) is 89.9 Å². The zero-order chi connectivity index (χ0) is 29.5. The van der Waals surface area contributed by atoms with Crippen molar-refractivity contribution in [3.63, 3.8) is 0 Å². The van der Waals surface area contributed by atoms with Gasteiger partial charge in [0.05, 0.1) is 24.3 Å². The van der Waals surface area contributed by atoms with Gasteiger partial charge < -0.3 is 50.4 Å². The van der Waals surface area contributed by atoms with Crippen LogP contribution in [0.5, 0.6) is 0 Å². The van der Waals surface area contributed by atoms with E-state index in [2.05, 4.69) is 21.3 Å². The van der Waals surface area contributed by atoms with Crippen molar-refractivity contribution in [1.82, 2.24) is 21.3 Å². The van der Waals surface area contributed by atoms with Crippen LogP contribution in [0.1, 0.15) is 54.4 Å². The van der Waals surface area contributed by atoms with Gasteiger partial charge in [0.2, 0.25) is 0 Å². The van der Waals surface area contributed by atoms with Crippen molar-refractivity contribution in [2.24, 2.45) is 0 Å². The predicted molar refractivity (Wildman–Crippen MR) is 138 cm³/mol. The smallest absolute Gasteiger partial charge is 0.414 e. The van der Waals surface area contributed by atoms with E-state index in [-0.39, 0.29) is 36.5 Å². The maximum atomic E-state index is 11.6. The Morgan fingerprint density at radius 1 is 0.684 bits per heavy atom. The van der Waals surface area contributed by atoms with E-state index in [0.717, 1.165) is 39.0 Å². The standard InChI is InChI=1S/2C11H22N2O3.C2H2O4/c2*1-11(2,3)16-10(14)13-8-5-6-12-7-9(8)15-4;3-1(4)2(5)6/h2*8-9,12H,5-7H2,1-4H3,(H,13,14);(H,3,4)(H,5,6)/t2*8-,9+;/m00./s1. The van der Waals surface area contributed by atoms with E-state index in [9.17, 15) is 9.59 Å². The summed E-state index contributed by atoms with van der Waals surface area (Å²) in [6, 6.07) is 0.0576. The van der Waals surface area contributed by atoms with E-state index < -0.39 is 23.1 Å². The Hall–Kier alpha value is -2.68. The van der Waals surface area contributed by atoms with Crippen molar-refractivity contribution < 1.29 is 48.3 Å². The van der Waals surface area contributed by atoms with Gasteiger partial charge >= 0.3 is 24.1 Å². The highest BCUT2D eigenvalue weighted by Gasteiger charge is 2.29. The molecule has 2 aliphatic rings. The molecule has 2 rings (SSSR count). The Labute approximate surface area is 224 Å². The first kappa shape index (κ1) is 35.3. The van der Waals surface area contributed by atoms with E-state index in [4.69, 9.17) is 38.7 Å². The van der Waals surface area contributed by atoms with Crippen molar-refractivity contribution in [3.05, 3.63) is 0 Å². The number of rotatable bonds is 4. The number of methoxy groups -OCH3 is 2. The topological polar surface area (TPSA) is 194 Å². The third-order valence-electron chi connectivity index (χ3n) is 5.05. The fourth-order valence-corrected chi connectivity index (χ4v) is 3.40. The number of carboxylic acid groups (broad SMARTS) is 2. The second-order valence-electron chi connectivity index (χ2n) is 10.6. The van der Waals surface area contributed by atoms with E-state index in [1.54, 1.807) is 14.2 Å². The van der Waals surface area contributed by atoms with Gasteiger partial charge in [0, 0.05) is 27.3 Å². The number of carboxylic acids is 2. The molecule has 2 heterocycles. The third kappa shape index (κ3) is 16.9. The average molecular weight is 551 g/mol. The molecule has 14 heteroatoms. The third-order valence-corrected chi connectivity index (χ3v) is 5.05. The SMILES string of the molecule is CO[C@@H]1CNCC[C@@H]1NC(=O)OC(C)(C)C.CO[C@@H]1CNCC[C@@H]1NC(=O)OC(C)(C)C.O=C(O)C(=O)O. The summed E-state index contributed by atoms with van der Waals surface area (Å²) in [4.78, 5) is 41.4. The van der Waals surface area contributed by atoms with Gasteiger partial charge in [-0.2, -0.15) is 0 Å². The predicted octanol–water partition coefficient (Wildman–Crippen LogP) is 0.932. The first-order chi connectivity index (χ1) is 17.5. The minimum atomic E-state index is -1.82. The van der Waals surface area contributed by atoms with Gasteiger partial charge in [-0.1, -0.05) is 0 Å². The summed E-state index contributed by atoms with van der Waals surface area (Å²) in [7, 11) is 3.31. The van der Waals surface area contributed by atoms with Gasteiger partial charge in [-0.15, -0.1) is 0 Å². The van der Waals surface area contributed by atoms with Crippen molar-refractivity contribution >= 4 is 24.1 Å². The van der Waals surface area contributed by atoms with Crippen LogP contribution in [0, 0.1) is 0 Å². The quantitative estimate of drug-likeness (QED) is 0.272. The van der Waals surface area contributed by atoms with Crippen LogP contribution in [0.15, 0.2) is 0 Å². The summed E-state index contributed by atoms with van der Waals surface area (Å²) in [6.45, 7) is 14.4. The van der Waals surface area contributed by atoms with Crippen LogP contribution >= 0.6 is 0 Å². The van der Waals surface area contributed by atoms with Crippen LogP contribution in [0.2, 0.25) is 0 Å². The van der Waals surface area contributed by atoms with Gasteiger partial charge in [0.1, 0.15) is 11.2 Å². The zero-order valence-corrected chi connectivity index (χ0v) is 23.7. The lowest BCUT2D eigenvalue weighted by molar-refractivity contribution is -0.159. The summed E-state index contributed by atoms with van der Waals surface area (Å²) < 4.78 is 21.0. The molecule has 0 aromatic rings. The molecular weight excluding hydrogens is 504 g/mol. The fraction of sp³-hybridized carbons (Fsp3) is 0.833. The maximum Gasteiger partial charge on any atom is 0.414 e. The number of amides is 2. The monoisotopic (exact) mass is 550 g/mol. The number of nitrogens with one attached hydrogen (secondary N) is 4. The molecule has 222 valence electrons. The molecular formula is C24H46N4O10. The molecule has 2 amide bonds. The van der Waals surface area contributed by atoms with Crippen molar-refractivity contribution in [1.29, 1.82) is 0 Å². The molecule has 0 aromatic carbocycles. The number of carbonyl (C=O) groups excluding carboxylic acids is 2. The highest BCUT2D eigenvalue weighted by Crippen LogP contribution is 2.12.